The van der Waals surface area contributed by atoms with Crippen molar-refractivity contribution in [1.29, 1.82) is 0 Å². The molecule has 146 valence electrons. The molecule has 28 heavy (non-hydrogen) atoms. The lowest BCUT2D eigenvalue weighted by Crippen LogP contribution is -2.38. The number of carbonyl (C=O) groups is 1. The Labute approximate surface area is 173 Å². The van der Waals surface area contributed by atoms with Crippen molar-refractivity contribution in [2.45, 2.75) is 24.6 Å². The summed E-state index contributed by atoms with van der Waals surface area (Å²) in [7, 11) is -3.11. The maximum absolute atomic E-state index is 12.6. The molecule has 2 aliphatic heterocycles. The van der Waals surface area contributed by atoms with Gasteiger partial charge in [-0.15, -0.1) is 0 Å². The number of nitrogens with zero attached hydrogens (tertiary/aromatic N) is 2. The van der Waals surface area contributed by atoms with Crippen molar-refractivity contribution in [3.8, 4) is 0 Å². The quantitative estimate of drug-likeness (QED) is 0.739. The molecule has 2 aliphatic rings. The number of aryl methyl sites for hydroxylation is 1. The zero-order chi connectivity index (χ0) is 19.9. The lowest BCUT2D eigenvalue weighted by Gasteiger charge is -2.25. The van der Waals surface area contributed by atoms with E-state index < -0.39 is 9.84 Å². The van der Waals surface area contributed by atoms with Crippen molar-refractivity contribution in [1.82, 2.24) is 0 Å². The molecule has 0 saturated carbocycles. The summed E-state index contributed by atoms with van der Waals surface area (Å²) in [6, 6.07) is 14.7. The molecule has 0 N–H and O–H groups in total. The molecule has 0 radical (unpaired) electrons. The second-order valence-electron chi connectivity index (χ2n) is 7.08. The molecule has 4 rings (SSSR count). The van der Waals surface area contributed by atoms with E-state index in [1.165, 1.54) is 11.8 Å². The molecule has 8 heteroatoms. The van der Waals surface area contributed by atoms with E-state index in [0.717, 1.165) is 11.1 Å². The number of benzene rings is 2. The number of hydrogen-bond donors (Lipinski definition) is 0. The van der Waals surface area contributed by atoms with Crippen molar-refractivity contribution >= 4 is 50.0 Å². The van der Waals surface area contributed by atoms with Crippen LogP contribution in [-0.4, -0.2) is 42.3 Å². The molecule has 0 spiro atoms. The number of hydrogen-bond acceptors (Lipinski definition) is 4. The van der Waals surface area contributed by atoms with Crippen molar-refractivity contribution < 1.29 is 13.2 Å². The molecule has 2 fully saturated rings. The fourth-order valence-electron chi connectivity index (χ4n) is 3.64. The summed E-state index contributed by atoms with van der Waals surface area (Å²) in [5, 5.41) is 0.884. The van der Waals surface area contributed by atoms with Crippen molar-refractivity contribution in [3.63, 3.8) is 0 Å². The molecule has 2 heterocycles. The fourth-order valence-corrected chi connectivity index (χ4v) is 7.79. The molecule has 0 bridgehead atoms. The minimum Gasteiger partial charge on any atom is -0.314 e. The number of halogens is 1. The third-order valence-corrected chi connectivity index (χ3v) is 8.37. The molecular weight excluding hydrogens is 416 g/mol. The van der Waals surface area contributed by atoms with Gasteiger partial charge in [-0.25, -0.2) is 8.42 Å². The average Bonchev–Trinajstić information content (AvgIpc) is 3.06. The van der Waals surface area contributed by atoms with Gasteiger partial charge in [0.05, 0.1) is 34.7 Å². The highest BCUT2D eigenvalue weighted by Gasteiger charge is 2.49. The molecular formula is C20H19ClN2O3S2. The Bertz CT molecular complexity index is 1070. The first kappa shape index (κ1) is 19.5. The van der Waals surface area contributed by atoms with Crippen LogP contribution in [0.15, 0.2) is 53.5 Å². The molecule has 0 aliphatic carbocycles. The van der Waals surface area contributed by atoms with E-state index in [4.69, 9.17) is 11.6 Å². The van der Waals surface area contributed by atoms with Crippen LogP contribution in [0.5, 0.6) is 0 Å². The van der Waals surface area contributed by atoms with Crippen LogP contribution in [0.25, 0.3) is 0 Å². The van der Waals surface area contributed by atoms with Crippen molar-refractivity contribution in [2.75, 3.05) is 16.4 Å². The van der Waals surface area contributed by atoms with Crippen molar-refractivity contribution in [3.05, 3.63) is 64.7 Å². The van der Waals surface area contributed by atoms with Gasteiger partial charge in [0.2, 0.25) is 0 Å². The SMILES string of the molecule is Cc1cccc(CC(=O)N=C2S[C@H]3CS(=O)(=O)C[C@@H]3N2c2ccccc2Cl)c1. The Balaban J connectivity index is 1.66. The normalized spacial score (nSPS) is 24.5. The van der Waals surface area contributed by atoms with Gasteiger partial charge in [0.25, 0.3) is 5.91 Å². The largest absolute Gasteiger partial charge is 0.314 e. The van der Waals surface area contributed by atoms with E-state index in [1.807, 2.05) is 54.3 Å². The van der Waals surface area contributed by atoms with E-state index in [-0.39, 0.29) is 35.1 Å². The Morgan fingerprint density at radius 2 is 2.00 bits per heavy atom. The first-order chi connectivity index (χ1) is 13.3. The van der Waals surface area contributed by atoms with Crippen LogP contribution in [0.2, 0.25) is 5.02 Å². The van der Waals surface area contributed by atoms with Gasteiger partial charge in [0.15, 0.2) is 15.0 Å². The number of para-hydroxylation sites is 1. The summed E-state index contributed by atoms with van der Waals surface area (Å²) in [5.41, 5.74) is 2.68. The summed E-state index contributed by atoms with van der Waals surface area (Å²) in [4.78, 5) is 18.8. The monoisotopic (exact) mass is 434 g/mol. The zero-order valence-corrected chi connectivity index (χ0v) is 17.6. The maximum Gasteiger partial charge on any atom is 0.252 e. The predicted molar refractivity (Wildman–Crippen MR) is 115 cm³/mol. The minimum atomic E-state index is -3.11. The number of aliphatic imine (C=N–C) groups is 1. The molecule has 0 unspecified atom stereocenters. The molecule has 2 saturated heterocycles. The third kappa shape index (κ3) is 3.97. The van der Waals surface area contributed by atoms with Gasteiger partial charge in [-0.05, 0) is 24.6 Å². The molecule has 5 nitrogen and oxygen atoms in total. The lowest BCUT2D eigenvalue weighted by molar-refractivity contribution is -0.117. The van der Waals surface area contributed by atoms with E-state index >= 15 is 0 Å². The number of amidine groups is 1. The lowest BCUT2D eigenvalue weighted by atomic mass is 10.1. The van der Waals surface area contributed by atoms with Gasteiger partial charge in [-0.3, -0.25) is 4.79 Å². The number of thioether (sulfide) groups is 1. The topological polar surface area (TPSA) is 66.8 Å². The second-order valence-corrected chi connectivity index (χ2v) is 10.8. The van der Waals surface area contributed by atoms with Crippen LogP contribution in [0.1, 0.15) is 11.1 Å². The molecule has 2 atom stereocenters. The van der Waals surface area contributed by atoms with E-state index in [9.17, 15) is 13.2 Å². The van der Waals surface area contributed by atoms with Gasteiger partial charge in [0, 0.05) is 5.25 Å². The van der Waals surface area contributed by atoms with Gasteiger partial charge >= 0.3 is 0 Å². The Hall–Kier alpha value is -1.83. The van der Waals surface area contributed by atoms with Crippen LogP contribution in [-0.2, 0) is 21.1 Å². The molecule has 1 amide bonds. The first-order valence-corrected chi connectivity index (χ1v) is 12.0. The summed E-state index contributed by atoms with van der Waals surface area (Å²) >= 11 is 7.73. The van der Waals surface area contributed by atoms with Crippen LogP contribution >= 0.6 is 23.4 Å². The highest BCUT2D eigenvalue weighted by atomic mass is 35.5. The van der Waals surface area contributed by atoms with Gasteiger partial charge in [-0.2, -0.15) is 4.99 Å². The van der Waals surface area contributed by atoms with E-state index in [0.29, 0.717) is 15.9 Å². The average molecular weight is 435 g/mol. The van der Waals surface area contributed by atoms with Crippen LogP contribution in [0, 0.1) is 6.92 Å². The van der Waals surface area contributed by atoms with Gasteiger partial charge in [-0.1, -0.05) is 65.3 Å². The maximum atomic E-state index is 12.6. The number of sulfone groups is 1. The van der Waals surface area contributed by atoms with Crippen LogP contribution < -0.4 is 4.90 Å². The predicted octanol–water partition coefficient (Wildman–Crippen LogP) is 3.49. The van der Waals surface area contributed by atoms with Gasteiger partial charge < -0.3 is 4.90 Å². The third-order valence-electron chi connectivity index (χ3n) is 4.84. The van der Waals surface area contributed by atoms with E-state index in [1.54, 1.807) is 6.07 Å². The summed E-state index contributed by atoms with van der Waals surface area (Å²) in [5.74, 6) is -0.122. The smallest absolute Gasteiger partial charge is 0.252 e. The molecule has 0 aromatic heterocycles. The molecule has 2 aromatic rings. The van der Waals surface area contributed by atoms with Gasteiger partial charge in [0.1, 0.15) is 0 Å². The van der Waals surface area contributed by atoms with E-state index in [2.05, 4.69) is 4.99 Å². The van der Waals surface area contributed by atoms with Crippen LogP contribution in [0.4, 0.5) is 5.69 Å². The molecule has 2 aromatic carbocycles. The second kappa shape index (κ2) is 7.54. The van der Waals surface area contributed by atoms with Crippen LogP contribution in [0.3, 0.4) is 0 Å². The zero-order valence-electron chi connectivity index (χ0n) is 15.2. The minimum absolute atomic E-state index is 0.0426. The standard InChI is InChI=1S/C20H19ClN2O3S2/c1-13-5-4-6-14(9-13)10-19(24)22-20-23(16-8-3-2-7-15(16)21)17-11-28(25,26)12-18(17)27-20/h2-9,17-18H,10-12H2,1H3/t17-,18-/m0/s1. The Morgan fingerprint density at radius 1 is 1.21 bits per heavy atom. The summed E-state index contributed by atoms with van der Waals surface area (Å²) in [6.45, 7) is 1.98. The number of fused-ring (bicyclic) bond motifs is 1. The number of carbonyl (C=O) groups excluding carboxylic acids is 1. The highest BCUT2D eigenvalue weighted by molar-refractivity contribution is 8.16. The fraction of sp³-hybridized carbons (Fsp3) is 0.300. The number of rotatable bonds is 3. The number of amides is 1. The summed E-state index contributed by atoms with van der Waals surface area (Å²) in [6.07, 6.45) is 0.204. The Kier molecular flexibility index (Phi) is 5.24. The van der Waals surface area contributed by atoms with Crippen molar-refractivity contribution in [2.24, 2.45) is 4.99 Å². The number of anilines is 1. The Morgan fingerprint density at radius 3 is 2.75 bits per heavy atom. The summed E-state index contributed by atoms with van der Waals surface area (Å²) < 4.78 is 24.3. The highest BCUT2D eigenvalue weighted by Crippen LogP contribution is 2.42. The first-order valence-electron chi connectivity index (χ1n) is 8.90.